The Bertz CT molecular complexity index is 878. The number of hydrogen-bond acceptors (Lipinski definition) is 3. The molecule has 0 bridgehead atoms. The number of aliphatic imine (C=N–C) groups is 1. The van der Waals surface area contributed by atoms with Crippen LogP contribution in [0.3, 0.4) is 0 Å². The monoisotopic (exact) mass is 550 g/mol. The van der Waals surface area contributed by atoms with Crippen LogP contribution in [0.1, 0.15) is 49.7 Å². The summed E-state index contributed by atoms with van der Waals surface area (Å²) in [6.07, 6.45) is 10.6. The minimum atomic E-state index is 0. The second kappa shape index (κ2) is 12.2. The van der Waals surface area contributed by atoms with Crippen molar-refractivity contribution in [1.82, 2.24) is 25.3 Å². The van der Waals surface area contributed by atoms with Crippen LogP contribution in [0, 0.1) is 5.92 Å². The van der Waals surface area contributed by atoms with Crippen LogP contribution in [0.15, 0.2) is 47.7 Å². The topological polar surface area (TPSA) is 74.6 Å². The van der Waals surface area contributed by atoms with Gasteiger partial charge in [0.05, 0.1) is 6.54 Å². The van der Waals surface area contributed by atoms with Crippen molar-refractivity contribution in [1.29, 1.82) is 0 Å². The van der Waals surface area contributed by atoms with E-state index in [4.69, 9.17) is 0 Å². The molecule has 2 heterocycles. The maximum Gasteiger partial charge on any atom is 0.225 e. The Hall–Kier alpha value is -2.10. The van der Waals surface area contributed by atoms with Crippen LogP contribution in [0.25, 0.3) is 0 Å². The lowest BCUT2D eigenvalue weighted by molar-refractivity contribution is -0.135. The Labute approximate surface area is 208 Å². The molecule has 1 amide bonds. The zero-order valence-electron chi connectivity index (χ0n) is 18.9. The van der Waals surface area contributed by atoms with Crippen molar-refractivity contribution in [2.75, 3.05) is 20.1 Å². The highest BCUT2D eigenvalue weighted by molar-refractivity contribution is 14.0. The third-order valence-corrected chi connectivity index (χ3v) is 6.47. The first-order valence-electron chi connectivity index (χ1n) is 11.5. The van der Waals surface area contributed by atoms with Gasteiger partial charge in [0.15, 0.2) is 5.96 Å². The average Bonchev–Trinajstić information content (AvgIpc) is 3.50. The van der Waals surface area contributed by atoms with Gasteiger partial charge >= 0.3 is 0 Å². The van der Waals surface area contributed by atoms with Crippen molar-refractivity contribution in [3.63, 3.8) is 0 Å². The van der Waals surface area contributed by atoms with E-state index in [-0.39, 0.29) is 35.9 Å². The number of nitrogens with zero attached hydrogens (tertiary/aromatic N) is 4. The predicted octanol–water partition coefficient (Wildman–Crippen LogP) is 3.40. The molecule has 1 unspecified atom stereocenters. The minimum Gasteiger partial charge on any atom is -0.352 e. The summed E-state index contributed by atoms with van der Waals surface area (Å²) in [5.41, 5.74) is 2.46. The van der Waals surface area contributed by atoms with Gasteiger partial charge in [0.25, 0.3) is 0 Å². The van der Waals surface area contributed by atoms with Gasteiger partial charge in [-0.1, -0.05) is 43.5 Å². The number of halogens is 1. The fourth-order valence-corrected chi connectivity index (χ4v) is 4.71. The van der Waals surface area contributed by atoms with Gasteiger partial charge in [-0.05, 0) is 36.5 Å². The van der Waals surface area contributed by atoms with Gasteiger partial charge in [0, 0.05) is 51.0 Å². The molecule has 1 saturated heterocycles. The normalized spacial score (nSPS) is 19.5. The molecule has 7 nitrogen and oxygen atoms in total. The summed E-state index contributed by atoms with van der Waals surface area (Å²) in [7, 11) is 1.80. The van der Waals surface area contributed by atoms with Crippen LogP contribution in [-0.4, -0.2) is 52.7 Å². The van der Waals surface area contributed by atoms with Gasteiger partial charge in [-0.15, -0.1) is 24.0 Å². The van der Waals surface area contributed by atoms with Gasteiger partial charge in [-0.3, -0.25) is 14.5 Å². The molecule has 4 rings (SSSR count). The quantitative estimate of drug-likeness (QED) is 0.329. The highest BCUT2D eigenvalue weighted by atomic mass is 127. The summed E-state index contributed by atoms with van der Waals surface area (Å²) in [5.74, 6) is 1.39. The number of carbonyl (C=O) groups excluding carboxylic acids is 1. The molecule has 1 atom stereocenters. The number of carbonyl (C=O) groups is 1. The van der Waals surface area contributed by atoms with Gasteiger partial charge in [-0.25, -0.2) is 0 Å². The number of nitrogens with one attached hydrogen (secondary N) is 2. The Kier molecular flexibility index (Phi) is 9.37. The van der Waals surface area contributed by atoms with Crippen LogP contribution < -0.4 is 10.6 Å². The van der Waals surface area contributed by atoms with E-state index in [1.807, 2.05) is 16.9 Å². The predicted molar refractivity (Wildman–Crippen MR) is 138 cm³/mol. The van der Waals surface area contributed by atoms with Crippen molar-refractivity contribution in [3.05, 3.63) is 53.9 Å². The van der Waals surface area contributed by atoms with E-state index in [1.165, 1.54) is 30.4 Å². The van der Waals surface area contributed by atoms with Crippen molar-refractivity contribution >= 4 is 35.8 Å². The summed E-state index contributed by atoms with van der Waals surface area (Å²) in [6.45, 7) is 3.05. The molecule has 0 radical (unpaired) electrons. The first-order valence-corrected chi connectivity index (χ1v) is 11.5. The van der Waals surface area contributed by atoms with Crippen molar-refractivity contribution < 1.29 is 4.79 Å². The number of benzene rings is 1. The van der Waals surface area contributed by atoms with E-state index >= 15 is 0 Å². The third-order valence-electron chi connectivity index (χ3n) is 6.47. The molecule has 0 spiro atoms. The first kappa shape index (κ1) is 24.5. The first-order chi connectivity index (χ1) is 15.2. The highest BCUT2D eigenvalue weighted by Gasteiger charge is 2.31. The molecule has 2 N–H and O–H groups in total. The maximum atomic E-state index is 12.8. The number of rotatable bonds is 6. The van der Waals surface area contributed by atoms with Crippen LogP contribution >= 0.6 is 24.0 Å². The molecule has 2 aromatic rings. The van der Waals surface area contributed by atoms with Gasteiger partial charge in [-0.2, -0.15) is 5.10 Å². The smallest absolute Gasteiger partial charge is 0.225 e. The highest BCUT2D eigenvalue weighted by Crippen LogP contribution is 2.26. The summed E-state index contributed by atoms with van der Waals surface area (Å²) < 4.78 is 1.93. The number of likely N-dealkylation sites (tertiary alicyclic amines) is 1. The molecular formula is C24H35IN6O. The molecular weight excluding hydrogens is 515 g/mol. The standard InChI is InChI=1S/C24H34N6O.HI/c1-25-24(26-16-20-10-5-6-11-21(20)17-30-14-7-13-27-30)28-22-12-15-29(18-22)23(31)19-8-3-2-4-9-19;/h5-7,10-11,13-14,19,22H,2-4,8-9,12,15-18H2,1H3,(H2,25,26,28);1H. The molecule has 1 aliphatic heterocycles. The van der Waals surface area contributed by atoms with Crippen LogP contribution in [0.5, 0.6) is 0 Å². The van der Waals surface area contributed by atoms with E-state index in [2.05, 4.69) is 49.9 Å². The van der Waals surface area contributed by atoms with E-state index in [0.717, 1.165) is 44.9 Å². The van der Waals surface area contributed by atoms with Crippen molar-refractivity contribution in [3.8, 4) is 0 Å². The molecule has 2 aliphatic rings. The zero-order chi connectivity index (χ0) is 21.5. The Morgan fingerprint density at radius 2 is 1.91 bits per heavy atom. The van der Waals surface area contributed by atoms with Crippen LogP contribution in [0.2, 0.25) is 0 Å². The zero-order valence-corrected chi connectivity index (χ0v) is 21.2. The lowest BCUT2D eigenvalue weighted by Crippen LogP contribution is -2.45. The van der Waals surface area contributed by atoms with Gasteiger partial charge in [0.2, 0.25) is 5.91 Å². The molecule has 8 heteroatoms. The summed E-state index contributed by atoms with van der Waals surface area (Å²) in [5, 5.41) is 11.3. The number of hydrogen-bond donors (Lipinski definition) is 2. The fraction of sp³-hybridized carbons (Fsp3) is 0.542. The number of amides is 1. The summed E-state index contributed by atoms with van der Waals surface area (Å²) >= 11 is 0. The van der Waals surface area contributed by atoms with Crippen molar-refractivity contribution in [2.45, 2.75) is 57.7 Å². The average molecular weight is 550 g/mol. The largest absolute Gasteiger partial charge is 0.352 e. The fourth-order valence-electron chi connectivity index (χ4n) is 4.71. The second-order valence-corrected chi connectivity index (χ2v) is 8.65. The minimum absolute atomic E-state index is 0. The van der Waals surface area contributed by atoms with E-state index in [0.29, 0.717) is 12.5 Å². The third kappa shape index (κ3) is 6.46. The Morgan fingerprint density at radius 3 is 2.62 bits per heavy atom. The van der Waals surface area contributed by atoms with Crippen molar-refractivity contribution in [2.24, 2.45) is 10.9 Å². The number of aromatic nitrogens is 2. The van der Waals surface area contributed by atoms with Gasteiger partial charge < -0.3 is 15.5 Å². The van der Waals surface area contributed by atoms with Crippen LogP contribution in [-0.2, 0) is 17.9 Å². The molecule has 1 aromatic heterocycles. The number of guanidine groups is 1. The van der Waals surface area contributed by atoms with E-state index in [1.54, 1.807) is 13.2 Å². The maximum absolute atomic E-state index is 12.8. The summed E-state index contributed by atoms with van der Waals surface area (Å²) in [4.78, 5) is 19.3. The van der Waals surface area contributed by atoms with Crippen LogP contribution in [0.4, 0.5) is 0 Å². The molecule has 174 valence electrons. The lowest BCUT2D eigenvalue weighted by atomic mass is 9.88. The molecule has 2 fully saturated rings. The van der Waals surface area contributed by atoms with Gasteiger partial charge in [0.1, 0.15) is 0 Å². The Balaban J connectivity index is 0.00000289. The SMILES string of the molecule is CN=C(NCc1ccccc1Cn1cccn1)NC1CCN(C(=O)C2CCCCC2)C1.I. The van der Waals surface area contributed by atoms with E-state index in [9.17, 15) is 4.79 Å². The molecule has 32 heavy (non-hydrogen) atoms. The molecule has 1 aliphatic carbocycles. The lowest BCUT2D eigenvalue weighted by Gasteiger charge is -2.26. The Morgan fingerprint density at radius 1 is 1.12 bits per heavy atom. The van der Waals surface area contributed by atoms with E-state index < -0.39 is 0 Å². The summed E-state index contributed by atoms with van der Waals surface area (Å²) in [6, 6.07) is 10.6. The molecule has 1 aromatic carbocycles. The second-order valence-electron chi connectivity index (χ2n) is 8.65. The molecule has 1 saturated carbocycles.